The zero-order chi connectivity index (χ0) is 14.4. The van der Waals surface area contributed by atoms with Gasteiger partial charge in [0.15, 0.2) is 0 Å². The molecule has 0 aliphatic heterocycles. The highest BCUT2D eigenvalue weighted by Gasteiger charge is 2.06. The Labute approximate surface area is 121 Å². The van der Waals surface area contributed by atoms with E-state index in [1.165, 1.54) is 0 Å². The van der Waals surface area contributed by atoms with Crippen molar-refractivity contribution in [1.82, 2.24) is 4.98 Å². The molecule has 1 heterocycles. The molecule has 20 heavy (non-hydrogen) atoms. The molecule has 1 aromatic heterocycles. The number of pyridine rings is 1. The maximum atomic E-state index is 10.7. The summed E-state index contributed by atoms with van der Waals surface area (Å²) < 4.78 is 0. The van der Waals surface area contributed by atoms with Crippen LogP contribution < -0.4 is 5.32 Å². The predicted molar refractivity (Wildman–Crippen MR) is 78.1 cm³/mol. The fraction of sp³-hybridized carbons (Fsp3) is 0.0714. The molecule has 0 fully saturated rings. The van der Waals surface area contributed by atoms with E-state index in [-0.39, 0.29) is 0 Å². The molecule has 0 saturated heterocycles. The fourth-order valence-corrected chi connectivity index (χ4v) is 1.80. The topological polar surface area (TPSA) is 68.1 Å². The van der Waals surface area contributed by atoms with Crippen molar-refractivity contribution in [2.45, 2.75) is 6.42 Å². The van der Waals surface area contributed by atoms with Gasteiger partial charge in [0.05, 0.1) is 10.6 Å². The number of rotatable bonds is 5. The predicted octanol–water partition coefficient (Wildman–Crippen LogP) is 3.51. The number of hydrogen-bond acceptors (Lipinski definition) is 4. The van der Waals surface area contributed by atoms with Crippen LogP contribution in [0.15, 0.2) is 60.6 Å². The largest absolute Gasteiger partial charge is 0.354 e. The van der Waals surface area contributed by atoms with Crippen molar-refractivity contribution < 1.29 is 4.92 Å². The van der Waals surface area contributed by atoms with Crippen LogP contribution in [-0.2, 0) is 6.42 Å². The number of para-hydroxylation sites is 1. The molecule has 2 aromatic rings. The Morgan fingerprint density at radius 3 is 2.65 bits per heavy atom. The lowest BCUT2D eigenvalue weighted by atomic mass is 10.1. The van der Waals surface area contributed by atoms with E-state index in [1.54, 1.807) is 18.3 Å². The summed E-state index contributed by atoms with van der Waals surface area (Å²) in [5.41, 5.74) is 2.11. The van der Waals surface area contributed by atoms with Crippen LogP contribution in [0, 0.1) is 10.1 Å². The molecule has 0 atom stereocenters. The van der Waals surface area contributed by atoms with Gasteiger partial charge >= 0.3 is 0 Å². The lowest BCUT2D eigenvalue weighted by Crippen LogP contribution is -2.06. The molecule has 1 N–H and O–H groups in total. The monoisotopic (exact) mass is 289 g/mol. The lowest BCUT2D eigenvalue weighted by molar-refractivity contribution is -0.403. The Morgan fingerprint density at radius 2 is 2.05 bits per heavy atom. The zero-order valence-corrected chi connectivity index (χ0v) is 11.2. The number of allylic oxidation sites excluding steroid dienone is 1. The summed E-state index contributed by atoms with van der Waals surface area (Å²) in [5, 5.41) is 14.1. The summed E-state index contributed by atoms with van der Waals surface area (Å²) in [7, 11) is 0. The standard InChI is InChI=1S/C14H12ClN3O2/c15-14-7-6-11(9-16-14)8-13(10-18(19)20)17-12-4-2-1-3-5-12/h1-7,9-10,17H,8H2/b13-10-. The molecule has 2 rings (SSSR count). The van der Waals surface area contributed by atoms with Gasteiger partial charge in [-0.3, -0.25) is 10.1 Å². The molecule has 0 spiro atoms. The van der Waals surface area contributed by atoms with Crippen molar-refractivity contribution in [3.05, 3.63) is 81.4 Å². The Hall–Kier alpha value is -2.40. The minimum Gasteiger partial charge on any atom is -0.354 e. The van der Waals surface area contributed by atoms with E-state index in [9.17, 15) is 10.1 Å². The smallest absolute Gasteiger partial charge is 0.253 e. The highest BCUT2D eigenvalue weighted by atomic mass is 35.5. The van der Waals surface area contributed by atoms with Crippen molar-refractivity contribution in [3.63, 3.8) is 0 Å². The first-order chi connectivity index (χ1) is 9.63. The Morgan fingerprint density at radius 1 is 1.30 bits per heavy atom. The maximum Gasteiger partial charge on any atom is 0.253 e. The van der Waals surface area contributed by atoms with E-state index in [4.69, 9.17) is 11.6 Å². The molecule has 0 radical (unpaired) electrons. The molecule has 6 heteroatoms. The Bertz CT molecular complexity index is 612. The minimum atomic E-state index is -0.478. The van der Waals surface area contributed by atoms with E-state index in [1.807, 2.05) is 30.3 Å². The second kappa shape index (κ2) is 6.68. The van der Waals surface area contributed by atoms with Crippen LogP contribution in [0.25, 0.3) is 0 Å². The third kappa shape index (κ3) is 4.37. The quantitative estimate of drug-likeness (QED) is 0.519. The molecule has 102 valence electrons. The van der Waals surface area contributed by atoms with Crippen molar-refractivity contribution in [2.75, 3.05) is 5.32 Å². The van der Waals surface area contributed by atoms with Crippen LogP contribution in [0.1, 0.15) is 5.56 Å². The molecular formula is C14H12ClN3O2. The molecule has 0 saturated carbocycles. The number of anilines is 1. The minimum absolute atomic E-state index is 0.375. The number of halogens is 1. The summed E-state index contributed by atoms with van der Waals surface area (Å²) in [6.07, 6.45) is 2.93. The number of nitrogens with one attached hydrogen (secondary N) is 1. The van der Waals surface area contributed by atoms with E-state index < -0.39 is 4.92 Å². The second-order valence-electron chi connectivity index (χ2n) is 4.10. The van der Waals surface area contributed by atoms with Gasteiger partial charge in [0.1, 0.15) is 5.15 Å². The zero-order valence-electron chi connectivity index (χ0n) is 10.5. The van der Waals surface area contributed by atoms with Crippen LogP contribution in [0.5, 0.6) is 0 Å². The molecule has 5 nitrogen and oxygen atoms in total. The number of nitro groups is 1. The Kier molecular flexibility index (Phi) is 4.68. The molecule has 0 unspecified atom stereocenters. The van der Waals surface area contributed by atoms with Crippen molar-refractivity contribution in [1.29, 1.82) is 0 Å². The normalized spacial score (nSPS) is 11.2. The number of nitrogens with zero attached hydrogens (tertiary/aromatic N) is 2. The van der Waals surface area contributed by atoms with E-state index in [0.717, 1.165) is 17.5 Å². The average Bonchev–Trinajstić information content (AvgIpc) is 2.42. The molecule has 1 aromatic carbocycles. The third-order valence-electron chi connectivity index (χ3n) is 2.52. The second-order valence-corrected chi connectivity index (χ2v) is 4.48. The number of benzene rings is 1. The van der Waals surface area contributed by atoms with Gasteiger partial charge in [-0.25, -0.2) is 4.98 Å². The van der Waals surface area contributed by atoms with Crippen LogP contribution in [-0.4, -0.2) is 9.91 Å². The summed E-state index contributed by atoms with van der Waals surface area (Å²) in [4.78, 5) is 14.2. The maximum absolute atomic E-state index is 10.7. The summed E-state index contributed by atoms with van der Waals surface area (Å²) in [5.74, 6) is 0. The Balaban J connectivity index is 2.16. The molecule has 0 aliphatic carbocycles. The first-order valence-corrected chi connectivity index (χ1v) is 6.28. The first kappa shape index (κ1) is 14.0. The van der Waals surface area contributed by atoms with Crippen LogP contribution >= 0.6 is 11.6 Å². The molecule has 0 bridgehead atoms. The molecular weight excluding hydrogens is 278 g/mol. The highest BCUT2D eigenvalue weighted by Crippen LogP contribution is 2.14. The highest BCUT2D eigenvalue weighted by molar-refractivity contribution is 6.29. The molecule has 0 aliphatic rings. The van der Waals surface area contributed by atoms with Gasteiger partial charge in [0, 0.05) is 18.3 Å². The van der Waals surface area contributed by atoms with Crippen molar-refractivity contribution in [3.8, 4) is 0 Å². The van der Waals surface area contributed by atoms with Crippen LogP contribution in [0.2, 0.25) is 5.15 Å². The SMILES string of the molecule is O=[N+]([O-])/C=C(/Cc1ccc(Cl)nc1)Nc1ccccc1. The summed E-state index contributed by atoms with van der Waals surface area (Å²) in [6, 6.07) is 12.7. The van der Waals surface area contributed by atoms with E-state index in [2.05, 4.69) is 10.3 Å². The van der Waals surface area contributed by atoms with Gasteiger partial charge in [-0.05, 0) is 23.8 Å². The number of hydrogen-bond donors (Lipinski definition) is 1. The summed E-state index contributed by atoms with van der Waals surface area (Å²) >= 11 is 5.71. The molecule has 0 amide bonds. The van der Waals surface area contributed by atoms with E-state index in [0.29, 0.717) is 17.3 Å². The van der Waals surface area contributed by atoms with Gasteiger partial charge in [0.25, 0.3) is 6.20 Å². The van der Waals surface area contributed by atoms with E-state index >= 15 is 0 Å². The van der Waals surface area contributed by atoms with Crippen LogP contribution in [0.3, 0.4) is 0 Å². The van der Waals surface area contributed by atoms with Gasteiger partial charge in [-0.15, -0.1) is 0 Å². The van der Waals surface area contributed by atoms with Gasteiger partial charge in [-0.2, -0.15) is 0 Å². The first-order valence-electron chi connectivity index (χ1n) is 5.90. The summed E-state index contributed by atoms with van der Waals surface area (Å²) in [6.45, 7) is 0. The van der Waals surface area contributed by atoms with Gasteiger partial charge in [-0.1, -0.05) is 35.9 Å². The van der Waals surface area contributed by atoms with Crippen LogP contribution in [0.4, 0.5) is 5.69 Å². The average molecular weight is 290 g/mol. The van der Waals surface area contributed by atoms with Gasteiger partial charge < -0.3 is 5.32 Å². The van der Waals surface area contributed by atoms with Crippen molar-refractivity contribution >= 4 is 17.3 Å². The number of aromatic nitrogens is 1. The van der Waals surface area contributed by atoms with Crippen molar-refractivity contribution in [2.24, 2.45) is 0 Å². The lowest BCUT2D eigenvalue weighted by Gasteiger charge is -2.08. The fourth-order valence-electron chi connectivity index (χ4n) is 1.69. The third-order valence-corrected chi connectivity index (χ3v) is 2.75. The van der Waals surface area contributed by atoms with Gasteiger partial charge in [0.2, 0.25) is 0 Å².